The molecule has 0 spiro atoms. The lowest BCUT2D eigenvalue weighted by Gasteiger charge is -2.15. The Morgan fingerprint density at radius 3 is 2.42 bits per heavy atom. The summed E-state index contributed by atoms with van der Waals surface area (Å²) in [6.45, 7) is 10.8. The number of hydrogen-bond acceptors (Lipinski definition) is 6. The van der Waals surface area contributed by atoms with Crippen LogP contribution in [0.2, 0.25) is 0 Å². The number of hydrogen-bond donors (Lipinski definition) is 1. The number of nitrogens with zero attached hydrogens (tertiary/aromatic N) is 5. The summed E-state index contributed by atoms with van der Waals surface area (Å²) in [4.78, 5) is 9.16. The van der Waals surface area contributed by atoms with Gasteiger partial charge < -0.3 is 10.1 Å². The Morgan fingerprint density at radius 2 is 1.81 bits per heavy atom. The third-order valence-corrected chi connectivity index (χ3v) is 4.53. The highest BCUT2D eigenvalue weighted by Crippen LogP contribution is 2.29. The average Bonchev–Trinajstić information content (AvgIpc) is 2.99. The smallest absolute Gasteiger partial charge is 0.184 e. The van der Waals surface area contributed by atoms with E-state index in [2.05, 4.69) is 65.4 Å². The van der Waals surface area contributed by atoms with Gasteiger partial charge in [0.1, 0.15) is 5.82 Å². The third-order valence-electron chi connectivity index (χ3n) is 4.53. The second-order valence-corrected chi connectivity index (χ2v) is 6.74. The lowest BCUT2D eigenvalue weighted by molar-refractivity contribution is 0.148. The molecule has 0 fully saturated rings. The van der Waals surface area contributed by atoms with Gasteiger partial charge in [-0.05, 0) is 45.2 Å². The summed E-state index contributed by atoms with van der Waals surface area (Å²) in [5, 5.41) is 12.1. The summed E-state index contributed by atoms with van der Waals surface area (Å²) >= 11 is 0. The van der Waals surface area contributed by atoms with Crippen molar-refractivity contribution >= 4 is 22.7 Å². The van der Waals surface area contributed by atoms with Gasteiger partial charge in [-0.25, -0.2) is 14.6 Å². The molecule has 0 amide bonds. The number of ether oxygens (including phenoxy) is 1. The highest BCUT2D eigenvalue weighted by atomic mass is 16.5. The molecule has 2 aromatic heterocycles. The molecule has 1 atom stereocenters. The maximum atomic E-state index is 5.32. The number of anilines is 2. The van der Waals surface area contributed by atoms with Crippen LogP contribution in [0.4, 0.5) is 11.5 Å². The van der Waals surface area contributed by atoms with Gasteiger partial charge in [-0.15, -0.1) is 5.10 Å². The molecule has 2 heterocycles. The minimum Gasteiger partial charge on any atom is -0.382 e. The lowest BCUT2D eigenvalue weighted by atomic mass is 10.1. The predicted octanol–water partition coefficient (Wildman–Crippen LogP) is 3.80. The summed E-state index contributed by atoms with van der Waals surface area (Å²) in [5.74, 6) is 1.36. The number of aryl methyl sites for hydroxylation is 4. The molecule has 0 radical (unpaired) electrons. The molecule has 3 rings (SSSR count). The van der Waals surface area contributed by atoms with Crippen molar-refractivity contribution in [3.8, 4) is 0 Å². The second kappa shape index (κ2) is 7.37. The van der Waals surface area contributed by atoms with Crippen molar-refractivity contribution in [3.63, 3.8) is 0 Å². The number of methoxy groups -OCH3 is 1. The fourth-order valence-electron chi connectivity index (χ4n) is 3.32. The second-order valence-electron chi connectivity index (χ2n) is 6.74. The maximum Gasteiger partial charge on any atom is 0.184 e. The van der Waals surface area contributed by atoms with E-state index in [-0.39, 0.29) is 6.04 Å². The Labute approximate surface area is 153 Å². The zero-order valence-corrected chi connectivity index (χ0v) is 16.3. The first-order chi connectivity index (χ1) is 12.4. The number of aromatic nitrogens is 5. The van der Waals surface area contributed by atoms with Gasteiger partial charge in [-0.1, -0.05) is 29.8 Å². The SMILES string of the molecule is CCC(COC)n1nnc2c(Nc3c(C)cc(C)cc3C)nc(C)nc21. The van der Waals surface area contributed by atoms with Crippen molar-refractivity contribution < 1.29 is 4.74 Å². The van der Waals surface area contributed by atoms with Crippen LogP contribution in [-0.2, 0) is 4.74 Å². The monoisotopic (exact) mass is 354 g/mol. The van der Waals surface area contributed by atoms with E-state index in [1.165, 1.54) is 16.7 Å². The highest BCUT2D eigenvalue weighted by Gasteiger charge is 2.19. The molecule has 1 unspecified atom stereocenters. The topological polar surface area (TPSA) is 77.8 Å². The van der Waals surface area contributed by atoms with Gasteiger partial charge in [0.25, 0.3) is 0 Å². The van der Waals surface area contributed by atoms with Crippen LogP contribution in [0.1, 0.15) is 41.9 Å². The molecule has 26 heavy (non-hydrogen) atoms. The fraction of sp³-hybridized carbons (Fsp3) is 0.474. The number of fused-ring (bicyclic) bond motifs is 1. The van der Waals surface area contributed by atoms with Gasteiger partial charge in [-0.2, -0.15) is 0 Å². The Kier molecular flexibility index (Phi) is 5.18. The fourth-order valence-corrected chi connectivity index (χ4v) is 3.32. The van der Waals surface area contributed by atoms with Crippen molar-refractivity contribution in [1.82, 2.24) is 25.0 Å². The Hall–Kier alpha value is -2.54. The zero-order chi connectivity index (χ0) is 18.8. The van der Waals surface area contributed by atoms with Crippen LogP contribution < -0.4 is 5.32 Å². The van der Waals surface area contributed by atoms with Crippen molar-refractivity contribution in [2.45, 2.75) is 47.1 Å². The van der Waals surface area contributed by atoms with E-state index in [0.29, 0.717) is 23.8 Å². The molecule has 0 bridgehead atoms. The summed E-state index contributed by atoms with van der Waals surface area (Å²) in [7, 11) is 1.69. The van der Waals surface area contributed by atoms with Crippen molar-refractivity contribution in [1.29, 1.82) is 0 Å². The van der Waals surface area contributed by atoms with E-state index < -0.39 is 0 Å². The summed E-state index contributed by atoms with van der Waals surface area (Å²) in [5.41, 5.74) is 6.03. The van der Waals surface area contributed by atoms with Crippen LogP contribution in [0.5, 0.6) is 0 Å². The molecule has 1 aromatic carbocycles. The molecule has 0 saturated heterocycles. The van der Waals surface area contributed by atoms with Gasteiger partial charge in [-0.3, -0.25) is 0 Å². The minimum atomic E-state index is 0.0926. The summed E-state index contributed by atoms with van der Waals surface area (Å²) < 4.78 is 7.16. The molecule has 0 saturated carbocycles. The van der Waals surface area contributed by atoms with Gasteiger partial charge in [0.05, 0.1) is 12.6 Å². The van der Waals surface area contributed by atoms with Crippen LogP contribution in [0.3, 0.4) is 0 Å². The molecular formula is C19H26N6O. The van der Waals surface area contributed by atoms with Crippen molar-refractivity contribution in [2.75, 3.05) is 19.0 Å². The number of rotatable bonds is 6. The van der Waals surface area contributed by atoms with Crippen LogP contribution in [-0.4, -0.2) is 38.7 Å². The molecule has 3 aromatic rings. The van der Waals surface area contributed by atoms with Crippen LogP contribution in [0.15, 0.2) is 12.1 Å². The summed E-state index contributed by atoms with van der Waals surface area (Å²) in [6, 6.07) is 4.40. The standard InChI is InChI=1S/C19H26N6O/c1-7-15(10-26-6)25-19-17(23-24-25)18(20-14(5)21-19)22-16-12(3)8-11(2)9-13(16)4/h8-9,15H,7,10H2,1-6H3,(H,20,21,22). The first-order valence-corrected chi connectivity index (χ1v) is 8.88. The number of benzene rings is 1. The molecule has 7 heteroatoms. The van der Waals surface area contributed by atoms with Crippen molar-refractivity contribution in [3.05, 3.63) is 34.6 Å². The average molecular weight is 354 g/mol. The third kappa shape index (κ3) is 3.39. The molecule has 7 nitrogen and oxygen atoms in total. The maximum absolute atomic E-state index is 5.32. The van der Waals surface area contributed by atoms with E-state index in [9.17, 15) is 0 Å². The van der Waals surface area contributed by atoms with E-state index in [0.717, 1.165) is 17.8 Å². The van der Waals surface area contributed by atoms with Crippen LogP contribution >= 0.6 is 0 Å². The molecule has 138 valence electrons. The molecule has 0 aliphatic heterocycles. The molecule has 0 aliphatic rings. The largest absolute Gasteiger partial charge is 0.382 e. The molecule has 0 aliphatic carbocycles. The zero-order valence-electron chi connectivity index (χ0n) is 16.3. The highest BCUT2D eigenvalue weighted by molar-refractivity contribution is 5.85. The Balaban J connectivity index is 2.09. The van der Waals surface area contributed by atoms with E-state index in [4.69, 9.17) is 4.74 Å². The van der Waals surface area contributed by atoms with E-state index in [1.807, 2.05) is 11.6 Å². The van der Waals surface area contributed by atoms with E-state index in [1.54, 1.807) is 7.11 Å². The van der Waals surface area contributed by atoms with Gasteiger partial charge >= 0.3 is 0 Å². The first-order valence-electron chi connectivity index (χ1n) is 8.88. The summed E-state index contributed by atoms with van der Waals surface area (Å²) in [6.07, 6.45) is 0.883. The van der Waals surface area contributed by atoms with Gasteiger partial charge in [0, 0.05) is 12.8 Å². The Morgan fingerprint density at radius 1 is 1.12 bits per heavy atom. The molecule has 1 N–H and O–H groups in total. The Bertz CT molecular complexity index is 910. The minimum absolute atomic E-state index is 0.0926. The van der Waals surface area contributed by atoms with Crippen LogP contribution in [0, 0.1) is 27.7 Å². The quantitative estimate of drug-likeness (QED) is 0.725. The lowest BCUT2D eigenvalue weighted by Crippen LogP contribution is -2.16. The normalized spacial score (nSPS) is 12.5. The van der Waals surface area contributed by atoms with Gasteiger partial charge in [0.2, 0.25) is 0 Å². The number of nitrogens with one attached hydrogen (secondary N) is 1. The van der Waals surface area contributed by atoms with E-state index >= 15 is 0 Å². The molecular weight excluding hydrogens is 328 g/mol. The predicted molar refractivity (Wildman–Crippen MR) is 103 cm³/mol. The van der Waals surface area contributed by atoms with Crippen molar-refractivity contribution in [2.24, 2.45) is 0 Å². The first kappa shape index (κ1) is 18.3. The van der Waals surface area contributed by atoms with Gasteiger partial charge in [0.15, 0.2) is 17.0 Å². The van der Waals surface area contributed by atoms with Crippen LogP contribution in [0.25, 0.3) is 11.2 Å².